The first-order valence-corrected chi connectivity index (χ1v) is 6.33. The molecular weight excluding hydrogens is 192 g/mol. The van der Waals surface area contributed by atoms with E-state index in [0.717, 1.165) is 5.92 Å². The lowest BCUT2D eigenvalue weighted by Gasteiger charge is -2.18. The van der Waals surface area contributed by atoms with Gasteiger partial charge in [-0.2, -0.15) is 0 Å². The second kappa shape index (κ2) is 4.45. The number of hydrogen-bond acceptors (Lipinski definition) is 0. The standard InChI is InChI=1S/C16H22/c1-5-14-10-13(4)16-7-6-11(2)8-15(16)9-12(14)3/h5-8,12-14H,1,9-10H2,2-4H3. The monoisotopic (exact) mass is 214 g/mol. The van der Waals surface area contributed by atoms with Crippen LogP contribution in [0.2, 0.25) is 0 Å². The topological polar surface area (TPSA) is 0 Å². The van der Waals surface area contributed by atoms with Gasteiger partial charge in [-0.1, -0.05) is 43.7 Å². The Morgan fingerprint density at radius 1 is 1.31 bits per heavy atom. The molecule has 2 rings (SSSR count). The molecule has 0 bridgehead atoms. The highest BCUT2D eigenvalue weighted by atomic mass is 14.3. The Morgan fingerprint density at radius 3 is 2.75 bits per heavy atom. The molecule has 3 atom stereocenters. The van der Waals surface area contributed by atoms with Crippen molar-refractivity contribution in [2.45, 2.75) is 39.5 Å². The highest BCUT2D eigenvalue weighted by Crippen LogP contribution is 2.36. The molecule has 1 aliphatic rings. The van der Waals surface area contributed by atoms with Crippen molar-refractivity contribution in [3.63, 3.8) is 0 Å². The average molecular weight is 214 g/mol. The lowest BCUT2D eigenvalue weighted by atomic mass is 9.86. The molecule has 3 unspecified atom stereocenters. The zero-order valence-electron chi connectivity index (χ0n) is 10.7. The molecule has 0 saturated heterocycles. The predicted molar refractivity (Wildman–Crippen MR) is 70.8 cm³/mol. The van der Waals surface area contributed by atoms with Crippen molar-refractivity contribution < 1.29 is 0 Å². The van der Waals surface area contributed by atoms with Crippen LogP contribution in [0.3, 0.4) is 0 Å². The van der Waals surface area contributed by atoms with Gasteiger partial charge in [0.2, 0.25) is 0 Å². The molecule has 0 spiro atoms. The molecular formula is C16H22. The van der Waals surface area contributed by atoms with Crippen LogP contribution in [-0.2, 0) is 6.42 Å². The maximum absolute atomic E-state index is 3.99. The zero-order valence-corrected chi connectivity index (χ0v) is 10.7. The fourth-order valence-corrected chi connectivity index (χ4v) is 2.99. The lowest BCUT2D eigenvalue weighted by molar-refractivity contribution is 0.398. The Labute approximate surface area is 99.4 Å². The van der Waals surface area contributed by atoms with E-state index in [4.69, 9.17) is 0 Å². The maximum Gasteiger partial charge on any atom is -0.0182 e. The minimum absolute atomic E-state index is 0.669. The van der Waals surface area contributed by atoms with Crippen molar-refractivity contribution in [1.29, 1.82) is 0 Å². The molecule has 1 aliphatic carbocycles. The molecule has 0 saturated carbocycles. The van der Waals surface area contributed by atoms with Crippen LogP contribution in [0.4, 0.5) is 0 Å². The summed E-state index contributed by atoms with van der Waals surface area (Å²) < 4.78 is 0. The fraction of sp³-hybridized carbons (Fsp3) is 0.500. The first kappa shape index (κ1) is 11.4. The van der Waals surface area contributed by atoms with E-state index < -0.39 is 0 Å². The van der Waals surface area contributed by atoms with Crippen molar-refractivity contribution in [2.75, 3.05) is 0 Å². The van der Waals surface area contributed by atoms with Crippen LogP contribution in [0.1, 0.15) is 42.9 Å². The quantitative estimate of drug-likeness (QED) is 0.477. The molecule has 1 aromatic rings. The number of hydrogen-bond donors (Lipinski definition) is 0. The zero-order chi connectivity index (χ0) is 11.7. The SMILES string of the molecule is C=CC1CC(C)c2ccc(C)cc2CC1C. The second-order valence-corrected chi connectivity index (χ2v) is 5.42. The first-order valence-electron chi connectivity index (χ1n) is 6.33. The number of rotatable bonds is 1. The van der Waals surface area contributed by atoms with Crippen LogP contribution in [0.15, 0.2) is 30.9 Å². The Morgan fingerprint density at radius 2 is 2.06 bits per heavy atom. The van der Waals surface area contributed by atoms with Crippen LogP contribution >= 0.6 is 0 Å². The van der Waals surface area contributed by atoms with Crippen LogP contribution in [0, 0.1) is 18.8 Å². The van der Waals surface area contributed by atoms with E-state index in [0.29, 0.717) is 11.8 Å². The summed E-state index contributed by atoms with van der Waals surface area (Å²) in [5.41, 5.74) is 4.50. The minimum atomic E-state index is 0.669. The Hall–Kier alpha value is -1.04. The van der Waals surface area contributed by atoms with Gasteiger partial charge < -0.3 is 0 Å². The molecule has 0 fully saturated rings. The van der Waals surface area contributed by atoms with Gasteiger partial charge in [0.05, 0.1) is 0 Å². The highest BCUT2D eigenvalue weighted by Gasteiger charge is 2.24. The first-order chi connectivity index (χ1) is 7.61. The van der Waals surface area contributed by atoms with Crippen molar-refractivity contribution in [3.8, 4) is 0 Å². The van der Waals surface area contributed by atoms with Gasteiger partial charge in [0.25, 0.3) is 0 Å². The van der Waals surface area contributed by atoms with Gasteiger partial charge in [-0.25, -0.2) is 0 Å². The average Bonchev–Trinajstić information content (AvgIpc) is 2.35. The molecule has 1 aromatic carbocycles. The molecule has 0 heterocycles. The van der Waals surface area contributed by atoms with E-state index in [-0.39, 0.29) is 0 Å². The van der Waals surface area contributed by atoms with Crippen LogP contribution in [0.25, 0.3) is 0 Å². The number of allylic oxidation sites excluding steroid dienone is 1. The summed E-state index contributed by atoms with van der Waals surface area (Å²) in [7, 11) is 0. The van der Waals surface area contributed by atoms with Gasteiger partial charge in [0.1, 0.15) is 0 Å². The largest absolute Gasteiger partial charge is 0.103 e. The Kier molecular flexibility index (Phi) is 3.18. The summed E-state index contributed by atoms with van der Waals surface area (Å²) in [6.07, 6.45) is 4.61. The van der Waals surface area contributed by atoms with E-state index in [2.05, 4.69) is 51.6 Å². The van der Waals surface area contributed by atoms with Gasteiger partial charge in [-0.3, -0.25) is 0 Å². The normalized spacial score (nSPS) is 29.3. The lowest BCUT2D eigenvalue weighted by Crippen LogP contribution is -2.10. The molecule has 0 radical (unpaired) electrons. The van der Waals surface area contributed by atoms with E-state index in [1.807, 2.05) is 0 Å². The summed E-state index contributed by atoms with van der Waals surface area (Å²) >= 11 is 0. The number of fused-ring (bicyclic) bond motifs is 1. The summed E-state index contributed by atoms with van der Waals surface area (Å²) in [5, 5.41) is 0. The third-order valence-corrected chi connectivity index (χ3v) is 4.03. The van der Waals surface area contributed by atoms with E-state index >= 15 is 0 Å². The van der Waals surface area contributed by atoms with Gasteiger partial charge in [-0.05, 0) is 48.6 Å². The molecule has 0 aliphatic heterocycles. The third-order valence-electron chi connectivity index (χ3n) is 4.03. The van der Waals surface area contributed by atoms with Gasteiger partial charge in [0.15, 0.2) is 0 Å². The van der Waals surface area contributed by atoms with Crippen molar-refractivity contribution in [2.24, 2.45) is 11.8 Å². The Bertz CT molecular complexity index is 389. The van der Waals surface area contributed by atoms with Gasteiger partial charge in [0, 0.05) is 0 Å². The summed E-state index contributed by atoms with van der Waals surface area (Å²) in [6, 6.07) is 6.94. The fourth-order valence-electron chi connectivity index (χ4n) is 2.99. The van der Waals surface area contributed by atoms with Crippen LogP contribution in [-0.4, -0.2) is 0 Å². The second-order valence-electron chi connectivity index (χ2n) is 5.42. The van der Waals surface area contributed by atoms with Crippen LogP contribution < -0.4 is 0 Å². The minimum Gasteiger partial charge on any atom is -0.103 e. The number of aryl methyl sites for hydroxylation is 1. The molecule has 86 valence electrons. The molecule has 0 heteroatoms. The number of benzene rings is 1. The summed E-state index contributed by atoms with van der Waals surface area (Å²) in [6.45, 7) is 10.9. The molecule has 0 nitrogen and oxygen atoms in total. The molecule has 0 aromatic heterocycles. The van der Waals surface area contributed by atoms with Gasteiger partial charge in [-0.15, -0.1) is 6.58 Å². The Balaban J connectivity index is 2.40. The van der Waals surface area contributed by atoms with Crippen molar-refractivity contribution in [3.05, 3.63) is 47.5 Å². The van der Waals surface area contributed by atoms with E-state index in [1.165, 1.54) is 18.4 Å². The third kappa shape index (κ3) is 2.07. The van der Waals surface area contributed by atoms with Crippen molar-refractivity contribution >= 4 is 0 Å². The van der Waals surface area contributed by atoms with E-state index in [9.17, 15) is 0 Å². The molecule has 0 amide bonds. The predicted octanol–water partition coefficient (Wildman–Crippen LogP) is 4.48. The highest BCUT2D eigenvalue weighted by molar-refractivity contribution is 5.35. The van der Waals surface area contributed by atoms with Gasteiger partial charge >= 0.3 is 0 Å². The van der Waals surface area contributed by atoms with Crippen molar-refractivity contribution in [1.82, 2.24) is 0 Å². The van der Waals surface area contributed by atoms with E-state index in [1.54, 1.807) is 11.1 Å². The maximum atomic E-state index is 3.99. The summed E-state index contributed by atoms with van der Waals surface area (Å²) in [5.74, 6) is 2.06. The molecule has 0 N–H and O–H groups in total. The van der Waals surface area contributed by atoms with Crippen LogP contribution in [0.5, 0.6) is 0 Å². The summed E-state index contributed by atoms with van der Waals surface area (Å²) in [4.78, 5) is 0. The smallest absolute Gasteiger partial charge is 0.0182 e. The molecule has 16 heavy (non-hydrogen) atoms.